The molecule has 0 N–H and O–H groups in total. The van der Waals surface area contributed by atoms with Crippen molar-refractivity contribution in [2.75, 3.05) is 26.7 Å². The van der Waals surface area contributed by atoms with Gasteiger partial charge in [0.25, 0.3) is 5.91 Å². The summed E-state index contributed by atoms with van der Waals surface area (Å²) in [6.07, 6.45) is 4.36. The first kappa shape index (κ1) is 19.8. The maximum Gasteiger partial charge on any atom is 0.253 e. The largest absolute Gasteiger partial charge is 0.497 e. The van der Waals surface area contributed by atoms with Crippen LogP contribution >= 0.6 is 0 Å². The zero-order valence-electron chi connectivity index (χ0n) is 16.4. The number of hydrogen-bond acceptors (Lipinski definition) is 5. The van der Waals surface area contributed by atoms with Crippen molar-refractivity contribution in [3.63, 3.8) is 0 Å². The lowest BCUT2D eigenvalue weighted by molar-refractivity contribution is 0.0759. The second-order valence-electron chi connectivity index (χ2n) is 7.59. The molecule has 0 saturated carbocycles. The molecular formula is C21H25N3O4S. The lowest BCUT2D eigenvalue weighted by atomic mass is 10.0. The van der Waals surface area contributed by atoms with Crippen LogP contribution in [0.3, 0.4) is 0 Å². The highest BCUT2D eigenvalue weighted by atomic mass is 32.2. The Morgan fingerprint density at radius 3 is 2.69 bits per heavy atom. The Bertz CT molecular complexity index is 980. The molecule has 0 unspecified atom stereocenters. The number of hydrogen-bond donors (Lipinski definition) is 0. The van der Waals surface area contributed by atoms with Crippen LogP contribution in [0.15, 0.2) is 48.8 Å². The number of fused-ring (bicyclic) bond motifs is 1. The zero-order valence-corrected chi connectivity index (χ0v) is 17.2. The van der Waals surface area contributed by atoms with Crippen LogP contribution in [-0.2, 0) is 16.6 Å². The van der Waals surface area contributed by atoms with Gasteiger partial charge in [0.2, 0.25) is 10.0 Å². The molecule has 1 amide bonds. The van der Waals surface area contributed by atoms with Crippen LogP contribution in [0.25, 0.3) is 0 Å². The normalized spacial score (nSPS) is 24.0. The number of nitrogens with zero attached hydrogens (tertiary/aromatic N) is 3. The highest BCUT2D eigenvalue weighted by molar-refractivity contribution is 7.90. The topological polar surface area (TPSA) is 79.8 Å². The maximum atomic E-state index is 13.2. The molecular weight excluding hydrogens is 390 g/mol. The smallest absolute Gasteiger partial charge is 0.253 e. The average Bonchev–Trinajstić information content (AvgIpc) is 2.88. The van der Waals surface area contributed by atoms with Gasteiger partial charge in [0, 0.05) is 44.1 Å². The summed E-state index contributed by atoms with van der Waals surface area (Å²) in [5, 5.41) is -0.427. The minimum atomic E-state index is -3.40. The van der Waals surface area contributed by atoms with E-state index in [1.54, 1.807) is 40.8 Å². The molecule has 2 atom stereocenters. The van der Waals surface area contributed by atoms with Gasteiger partial charge in [-0.15, -0.1) is 0 Å². The zero-order chi connectivity index (χ0) is 20.4. The van der Waals surface area contributed by atoms with Crippen molar-refractivity contribution in [1.82, 2.24) is 14.2 Å². The van der Waals surface area contributed by atoms with E-state index in [2.05, 4.69) is 4.98 Å². The van der Waals surface area contributed by atoms with E-state index in [1.165, 1.54) is 0 Å². The number of methoxy groups -OCH3 is 1. The van der Waals surface area contributed by atoms with Gasteiger partial charge in [-0.25, -0.2) is 8.42 Å². The number of amides is 1. The molecule has 2 saturated heterocycles. The summed E-state index contributed by atoms with van der Waals surface area (Å²) in [4.78, 5) is 18.4. The molecule has 4 rings (SSSR count). The summed E-state index contributed by atoms with van der Waals surface area (Å²) < 4.78 is 33.2. The quantitative estimate of drug-likeness (QED) is 0.765. The van der Waals surface area contributed by atoms with E-state index in [0.717, 1.165) is 11.3 Å². The minimum Gasteiger partial charge on any atom is -0.497 e. The fourth-order valence-corrected chi connectivity index (χ4v) is 6.53. The molecule has 0 aliphatic carbocycles. The van der Waals surface area contributed by atoms with Crippen LogP contribution in [0.1, 0.15) is 28.8 Å². The van der Waals surface area contributed by atoms with Crippen molar-refractivity contribution in [1.29, 1.82) is 0 Å². The molecule has 0 spiro atoms. The molecule has 29 heavy (non-hydrogen) atoms. The van der Waals surface area contributed by atoms with Gasteiger partial charge in [-0.05, 0) is 48.6 Å². The molecule has 2 fully saturated rings. The second kappa shape index (κ2) is 8.12. The van der Waals surface area contributed by atoms with Crippen LogP contribution in [-0.4, -0.2) is 60.5 Å². The first-order valence-electron chi connectivity index (χ1n) is 9.80. The molecule has 0 radical (unpaired) electrons. The van der Waals surface area contributed by atoms with Gasteiger partial charge < -0.3 is 9.64 Å². The predicted octanol–water partition coefficient (Wildman–Crippen LogP) is 2.16. The third-order valence-corrected chi connectivity index (χ3v) is 8.25. The number of sulfonamides is 1. The van der Waals surface area contributed by atoms with Crippen molar-refractivity contribution in [2.24, 2.45) is 5.92 Å². The fraction of sp³-hybridized carbons (Fsp3) is 0.429. The van der Waals surface area contributed by atoms with E-state index in [-0.39, 0.29) is 11.8 Å². The van der Waals surface area contributed by atoms with Crippen LogP contribution in [0.2, 0.25) is 0 Å². The van der Waals surface area contributed by atoms with Crippen LogP contribution in [0.4, 0.5) is 0 Å². The van der Waals surface area contributed by atoms with Crippen LogP contribution < -0.4 is 4.74 Å². The monoisotopic (exact) mass is 415 g/mol. The molecule has 1 aromatic heterocycles. The SMILES string of the molecule is COc1cccc(CN2C[C@@H]3CCN(C(=O)c4ccncc4)CC[C@@H]3S2(=O)=O)c1. The molecule has 2 aliphatic rings. The third kappa shape index (κ3) is 4.00. The summed E-state index contributed by atoms with van der Waals surface area (Å²) in [7, 11) is -1.80. The Kier molecular flexibility index (Phi) is 5.56. The molecule has 0 bridgehead atoms. The molecule has 7 nitrogen and oxygen atoms in total. The predicted molar refractivity (Wildman–Crippen MR) is 109 cm³/mol. The van der Waals surface area contributed by atoms with E-state index in [4.69, 9.17) is 4.74 Å². The summed E-state index contributed by atoms with van der Waals surface area (Å²) in [6.45, 7) is 1.88. The molecule has 8 heteroatoms. The Morgan fingerprint density at radius 1 is 1.17 bits per heavy atom. The van der Waals surface area contributed by atoms with Crippen molar-refractivity contribution in [3.05, 3.63) is 59.9 Å². The van der Waals surface area contributed by atoms with E-state index in [0.29, 0.717) is 44.6 Å². The lowest BCUT2D eigenvalue weighted by Crippen LogP contribution is -2.34. The van der Waals surface area contributed by atoms with Crippen molar-refractivity contribution in [2.45, 2.75) is 24.6 Å². The number of carbonyl (C=O) groups excluding carboxylic acids is 1. The van der Waals surface area contributed by atoms with Crippen LogP contribution in [0, 0.1) is 5.92 Å². The van der Waals surface area contributed by atoms with Gasteiger partial charge in [-0.2, -0.15) is 4.31 Å². The van der Waals surface area contributed by atoms with Gasteiger partial charge in [-0.1, -0.05) is 12.1 Å². The molecule has 3 heterocycles. The Balaban J connectivity index is 1.46. The maximum absolute atomic E-state index is 13.2. The number of benzene rings is 1. The van der Waals surface area contributed by atoms with E-state index in [1.807, 2.05) is 24.3 Å². The standard InChI is InChI=1S/C21H25N3O4S/c1-28-19-4-2-3-16(13-19)14-24-15-18-7-11-23(12-8-20(18)29(24,26)27)21(25)17-5-9-22-10-6-17/h2-6,9-10,13,18,20H,7-8,11-12,14-15H2,1H3/t18-,20-/m0/s1. The summed E-state index contributed by atoms with van der Waals surface area (Å²) in [5.74, 6) is 0.706. The van der Waals surface area contributed by atoms with E-state index < -0.39 is 15.3 Å². The second-order valence-corrected chi connectivity index (χ2v) is 9.74. The van der Waals surface area contributed by atoms with E-state index in [9.17, 15) is 13.2 Å². The molecule has 2 aromatic rings. The van der Waals surface area contributed by atoms with Gasteiger partial charge in [0.1, 0.15) is 5.75 Å². The number of rotatable bonds is 4. The summed E-state index contributed by atoms with van der Waals surface area (Å²) >= 11 is 0. The van der Waals surface area contributed by atoms with Crippen molar-refractivity contribution < 1.29 is 17.9 Å². The number of pyridine rings is 1. The summed E-state index contributed by atoms with van der Waals surface area (Å²) in [5.41, 5.74) is 1.51. The number of aromatic nitrogens is 1. The van der Waals surface area contributed by atoms with Crippen molar-refractivity contribution in [3.8, 4) is 5.75 Å². The molecule has 154 valence electrons. The lowest BCUT2D eigenvalue weighted by Gasteiger charge is -2.22. The first-order chi connectivity index (χ1) is 14.0. The first-order valence-corrected chi connectivity index (χ1v) is 11.3. The fourth-order valence-electron chi connectivity index (χ4n) is 4.31. The molecule has 1 aromatic carbocycles. The van der Waals surface area contributed by atoms with Gasteiger partial charge in [0.15, 0.2) is 0 Å². The average molecular weight is 416 g/mol. The third-order valence-electron chi connectivity index (χ3n) is 5.87. The highest BCUT2D eigenvalue weighted by Crippen LogP contribution is 2.35. The highest BCUT2D eigenvalue weighted by Gasteiger charge is 2.47. The Morgan fingerprint density at radius 2 is 1.93 bits per heavy atom. The number of likely N-dealkylation sites (tertiary alicyclic amines) is 1. The number of carbonyl (C=O) groups is 1. The number of ether oxygens (including phenoxy) is 1. The Hall–Kier alpha value is -2.45. The van der Waals surface area contributed by atoms with Gasteiger partial charge in [-0.3, -0.25) is 9.78 Å². The van der Waals surface area contributed by atoms with Gasteiger partial charge in [0.05, 0.1) is 12.4 Å². The summed E-state index contributed by atoms with van der Waals surface area (Å²) in [6, 6.07) is 10.9. The van der Waals surface area contributed by atoms with Crippen molar-refractivity contribution >= 4 is 15.9 Å². The minimum absolute atomic E-state index is 0.0425. The van der Waals surface area contributed by atoms with Gasteiger partial charge >= 0.3 is 0 Å². The van der Waals surface area contributed by atoms with Crippen LogP contribution in [0.5, 0.6) is 5.75 Å². The van der Waals surface area contributed by atoms with E-state index >= 15 is 0 Å². The molecule has 2 aliphatic heterocycles. The Labute approximate surface area is 171 Å².